The Morgan fingerprint density at radius 2 is 1.75 bits per heavy atom. The molecule has 1 aliphatic carbocycles. The molecule has 2 aromatic rings. The summed E-state index contributed by atoms with van der Waals surface area (Å²) in [5, 5.41) is 6.55. The molecule has 2 aliphatic rings. The van der Waals surface area contributed by atoms with Crippen LogP contribution in [0.15, 0.2) is 30.3 Å². The van der Waals surface area contributed by atoms with Gasteiger partial charge in [-0.3, -0.25) is 4.72 Å². The summed E-state index contributed by atoms with van der Waals surface area (Å²) in [4.78, 5) is 0. The first-order chi connectivity index (χ1) is 15.2. The van der Waals surface area contributed by atoms with E-state index in [1.54, 1.807) is 18.2 Å². The smallest absolute Gasteiger partial charge is 0.301 e. The minimum absolute atomic E-state index is 0.0903. The second kappa shape index (κ2) is 9.96. The normalized spacial score (nSPS) is 18.0. The van der Waals surface area contributed by atoms with Crippen molar-refractivity contribution < 1.29 is 17.2 Å². The maximum absolute atomic E-state index is 14.6. The van der Waals surface area contributed by atoms with E-state index in [4.69, 9.17) is 11.6 Å². The highest BCUT2D eigenvalue weighted by Gasteiger charge is 2.30. The van der Waals surface area contributed by atoms with Crippen LogP contribution in [0.2, 0.25) is 5.02 Å². The number of halogens is 4. The summed E-state index contributed by atoms with van der Waals surface area (Å²) in [7, 11) is -3.95. The van der Waals surface area contributed by atoms with Crippen LogP contribution in [-0.4, -0.2) is 38.4 Å². The van der Waals surface area contributed by atoms with Crippen molar-refractivity contribution >= 4 is 61.5 Å². The number of anilines is 3. The van der Waals surface area contributed by atoms with Crippen molar-refractivity contribution in [1.82, 2.24) is 9.62 Å². The molecule has 0 radical (unpaired) electrons. The van der Waals surface area contributed by atoms with E-state index in [1.807, 2.05) is 0 Å². The van der Waals surface area contributed by atoms with E-state index in [1.165, 1.54) is 23.2 Å². The Hall–Kier alpha value is -1.21. The number of piperidine rings is 1. The molecule has 32 heavy (non-hydrogen) atoms. The Labute approximate surface area is 205 Å². The molecule has 3 N–H and O–H groups in total. The summed E-state index contributed by atoms with van der Waals surface area (Å²) < 4.78 is 59.2. The highest BCUT2D eigenvalue weighted by Crippen LogP contribution is 2.35. The zero-order chi connectivity index (χ0) is 22.9. The van der Waals surface area contributed by atoms with Gasteiger partial charge in [-0.25, -0.2) is 8.78 Å². The van der Waals surface area contributed by atoms with E-state index in [0.29, 0.717) is 42.7 Å². The maximum Gasteiger partial charge on any atom is 0.301 e. The van der Waals surface area contributed by atoms with Gasteiger partial charge in [-0.15, -0.1) is 0 Å². The topological polar surface area (TPSA) is 73.5 Å². The predicted octanol–water partition coefficient (Wildman–Crippen LogP) is 5.09. The average molecular weight is 597 g/mol. The van der Waals surface area contributed by atoms with Crippen molar-refractivity contribution in [2.75, 3.05) is 29.7 Å². The Bertz CT molecular complexity index is 1090. The van der Waals surface area contributed by atoms with Crippen molar-refractivity contribution in [3.63, 3.8) is 0 Å². The summed E-state index contributed by atoms with van der Waals surface area (Å²) in [5.74, 6) is -1.53. The molecule has 1 saturated heterocycles. The highest BCUT2D eigenvalue weighted by atomic mass is 127. The van der Waals surface area contributed by atoms with Crippen LogP contribution >= 0.6 is 34.2 Å². The third kappa shape index (κ3) is 5.82. The van der Waals surface area contributed by atoms with Crippen LogP contribution in [0, 0.1) is 21.1 Å². The zero-order valence-corrected chi connectivity index (χ0v) is 20.9. The minimum atomic E-state index is -3.95. The second-order valence-corrected chi connectivity index (χ2v) is 11.5. The number of benzene rings is 2. The van der Waals surface area contributed by atoms with E-state index in [0.717, 1.165) is 22.1 Å². The minimum Gasteiger partial charge on any atom is -0.350 e. The summed E-state index contributed by atoms with van der Waals surface area (Å²) >= 11 is 8.28. The van der Waals surface area contributed by atoms with Crippen LogP contribution in [0.5, 0.6) is 0 Å². The molecule has 2 fully saturated rings. The quantitative estimate of drug-likeness (QED) is 0.372. The molecule has 2 aromatic carbocycles. The molecule has 1 saturated carbocycles. The summed E-state index contributed by atoms with van der Waals surface area (Å²) in [5.41, 5.74) is -0.0789. The van der Waals surface area contributed by atoms with E-state index in [-0.39, 0.29) is 11.4 Å². The fraction of sp³-hybridized carbons (Fsp3) is 0.429. The molecule has 0 atom stereocenters. The van der Waals surface area contributed by atoms with Crippen molar-refractivity contribution in [1.29, 1.82) is 0 Å². The first kappa shape index (κ1) is 23.9. The van der Waals surface area contributed by atoms with Crippen LogP contribution in [0.4, 0.5) is 25.8 Å². The molecule has 1 aliphatic heterocycles. The van der Waals surface area contributed by atoms with Gasteiger partial charge in [0.2, 0.25) is 0 Å². The number of hydrogen-bond donors (Lipinski definition) is 3. The Morgan fingerprint density at radius 1 is 1.06 bits per heavy atom. The highest BCUT2D eigenvalue weighted by molar-refractivity contribution is 14.1. The van der Waals surface area contributed by atoms with E-state index < -0.39 is 21.8 Å². The molecule has 0 bridgehead atoms. The lowest BCUT2D eigenvalue weighted by Gasteiger charge is -2.32. The molecule has 174 valence electrons. The van der Waals surface area contributed by atoms with Gasteiger partial charge in [0.05, 0.1) is 16.4 Å². The van der Waals surface area contributed by atoms with Crippen molar-refractivity contribution in [2.24, 2.45) is 5.92 Å². The van der Waals surface area contributed by atoms with E-state index in [2.05, 4.69) is 37.9 Å². The number of nitrogens with zero attached hydrogens (tertiary/aromatic N) is 1. The maximum atomic E-state index is 14.6. The number of rotatable bonds is 8. The Balaban J connectivity index is 1.48. The van der Waals surface area contributed by atoms with Gasteiger partial charge in [-0.1, -0.05) is 11.6 Å². The summed E-state index contributed by atoms with van der Waals surface area (Å²) in [6, 6.07) is 7.41. The SMILES string of the molecule is O=S(=O)(Nc1ccc(F)c(F)c1Nc1ccc(I)cc1Cl)N1CCC(NCC2CC2)CC1. The molecule has 6 nitrogen and oxygen atoms in total. The largest absolute Gasteiger partial charge is 0.350 e. The van der Waals surface area contributed by atoms with Crippen LogP contribution in [0.3, 0.4) is 0 Å². The van der Waals surface area contributed by atoms with Crippen LogP contribution in [0.25, 0.3) is 0 Å². The Morgan fingerprint density at radius 3 is 2.41 bits per heavy atom. The molecule has 4 rings (SSSR count). The lowest BCUT2D eigenvalue weighted by molar-refractivity contribution is 0.289. The monoisotopic (exact) mass is 596 g/mol. The fourth-order valence-corrected chi connectivity index (χ4v) is 5.81. The van der Waals surface area contributed by atoms with Gasteiger partial charge < -0.3 is 10.6 Å². The third-order valence-electron chi connectivity index (χ3n) is 5.71. The van der Waals surface area contributed by atoms with E-state index >= 15 is 0 Å². The molecule has 0 spiro atoms. The fourth-order valence-electron chi connectivity index (χ4n) is 3.64. The lowest BCUT2D eigenvalue weighted by Crippen LogP contribution is -2.47. The number of nitrogens with one attached hydrogen (secondary N) is 3. The summed E-state index contributed by atoms with van der Waals surface area (Å²) in [6.07, 6.45) is 3.94. The summed E-state index contributed by atoms with van der Waals surface area (Å²) in [6.45, 7) is 1.70. The number of hydrogen-bond acceptors (Lipinski definition) is 4. The molecule has 1 heterocycles. The van der Waals surface area contributed by atoms with Gasteiger partial charge in [0, 0.05) is 22.7 Å². The molecular formula is C21H24ClF2IN4O2S. The third-order valence-corrected chi connectivity index (χ3v) is 8.22. The predicted molar refractivity (Wildman–Crippen MR) is 132 cm³/mol. The van der Waals surface area contributed by atoms with E-state index in [9.17, 15) is 17.2 Å². The molecule has 0 amide bonds. The van der Waals surface area contributed by atoms with Crippen LogP contribution in [0.1, 0.15) is 25.7 Å². The van der Waals surface area contributed by atoms with Gasteiger partial charge in [0.15, 0.2) is 11.6 Å². The first-order valence-electron chi connectivity index (χ1n) is 10.4. The van der Waals surface area contributed by atoms with Gasteiger partial charge in [0.25, 0.3) is 0 Å². The van der Waals surface area contributed by atoms with Gasteiger partial charge >= 0.3 is 10.2 Å². The Kier molecular flexibility index (Phi) is 7.45. The van der Waals surface area contributed by atoms with Gasteiger partial charge in [0.1, 0.15) is 5.69 Å². The standard InChI is InChI=1S/C21H24ClF2IN4O2S/c22-16-11-14(25)3-5-18(16)27-21-19(6-4-17(23)20(21)24)28-32(30,31)29-9-7-15(8-10-29)26-12-13-1-2-13/h3-6,11,13,15,26-28H,1-2,7-10,12H2. The van der Waals surface area contributed by atoms with Crippen molar-refractivity contribution in [2.45, 2.75) is 31.7 Å². The molecule has 11 heteroatoms. The van der Waals surface area contributed by atoms with Crippen LogP contribution in [-0.2, 0) is 10.2 Å². The first-order valence-corrected chi connectivity index (χ1v) is 13.3. The van der Waals surface area contributed by atoms with Crippen molar-refractivity contribution in [3.8, 4) is 0 Å². The second-order valence-electron chi connectivity index (χ2n) is 8.17. The van der Waals surface area contributed by atoms with Gasteiger partial charge in [-0.05, 0) is 91.1 Å². The molecule has 0 aromatic heterocycles. The molecular weight excluding hydrogens is 573 g/mol. The average Bonchev–Trinajstić information content (AvgIpc) is 3.58. The van der Waals surface area contributed by atoms with Gasteiger partial charge in [-0.2, -0.15) is 12.7 Å². The van der Waals surface area contributed by atoms with Crippen molar-refractivity contribution in [3.05, 3.63) is 50.6 Å². The van der Waals surface area contributed by atoms with Crippen LogP contribution < -0.4 is 15.4 Å². The molecule has 0 unspecified atom stereocenters. The lowest BCUT2D eigenvalue weighted by atomic mass is 10.1. The zero-order valence-electron chi connectivity index (χ0n) is 17.2.